The van der Waals surface area contributed by atoms with E-state index in [1.807, 2.05) is 11.9 Å². The second-order valence-electron chi connectivity index (χ2n) is 9.02. The highest BCUT2D eigenvalue weighted by Crippen LogP contribution is 2.29. The maximum absolute atomic E-state index is 14.4. The maximum atomic E-state index is 14.4. The number of anilines is 3. The fraction of sp³-hybridized carbons (Fsp3) is 0.346. The van der Waals surface area contributed by atoms with Gasteiger partial charge in [-0.05, 0) is 31.3 Å². The monoisotopic (exact) mass is 492 g/mol. The first-order valence-corrected chi connectivity index (χ1v) is 11.9. The third-order valence-corrected chi connectivity index (χ3v) is 6.61. The van der Waals surface area contributed by atoms with Crippen molar-refractivity contribution >= 4 is 33.9 Å². The van der Waals surface area contributed by atoms with Crippen molar-refractivity contribution in [2.75, 3.05) is 74.6 Å². The number of nitriles is 1. The van der Waals surface area contributed by atoms with Crippen LogP contribution in [0, 0.1) is 17.1 Å². The Balaban J connectivity index is 1.45. The first-order chi connectivity index (χ1) is 17.4. The molecule has 2 fully saturated rings. The van der Waals surface area contributed by atoms with Crippen molar-refractivity contribution in [1.82, 2.24) is 4.90 Å². The van der Waals surface area contributed by atoms with Crippen LogP contribution in [0.4, 0.5) is 21.5 Å². The number of likely N-dealkylation sites (N-methyl/N-ethyl adjacent to an activating group) is 1. The number of rotatable bonds is 4. The van der Waals surface area contributed by atoms with Crippen LogP contribution in [-0.2, 0) is 0 Å². The molecular weight excluding hydrogens is 465 g/mol. The molecule has 5 rings (SSSR count). The van der Waals surface area contributed by atoms with E-state index < -0.39 is 17.2 Å². The van der Waals surface area contributed by atoms with Gasteiger partial charge < -0.3 is 29.2 Å². The normalized spacial score (nSPS) is 16.7. The van der Waals surface area contributed by atoms with E-state index in [-0.39, 0.29) is 16.7 Å². The van der Waals surface area contributed by atoms with Gasteiger partial charge in [-0.25, -0.2) is 4.39 Å². The Morgan fingerprint density at radius 2 is 1.75 bits per heavy atom. The Bertz CT molecular complexity index is 1400. The Morgan fingerprint density at radius 3 is 2.47 bits per heavy atom. The van der Waals surface area contributed by atoms with Crippen molar-refractivity contribution in [3.05, 3.63) is 63.8 Å². The largest absolute Gasteiger partial charge is 0.448 e. The van der Waals surface area contributed by atoms with Gasteiger partial charge in [-0.1, -0.05) is 0 Å². The van der Waals surface area contributed by atoms with Crippen LogP contribution < -0.4 is 20.5 Å². The zero-order valence-corrected chi connectivity index (χ0v) is 20.0. The lowest BCUT2D eigenvalue weighted by Crippen LogP contribution is -2.44. The molecule has 2 aliphatic rings. The van der Waals surface area contributed by atoms with E-state index in [4.69, 9.17) is 4.42 Å². The molecule has 0 spiro atoms. The molecule has 10 heteroatoms. The van der Waals surface area contributed by atoms with E-state index in [9.17, 15) is 19.2 Å². The number of hydrogen-bond acceptors (Lipinski definition) is 7. The van der Waals surface area contributed by atoms with Gasteiger partial charge in [0.2, 0.25) is 0 Å². The highest BCUT2D eigenvalue weighted by atomic mass is 19.1. The summed E-state index contributed by atoms with van der Waals surface area (Å²) in [4.78, 5) is 32.1. The first kappa shape index (κ1) is 23.8. The number of halogens is 1. The number of piperazine rings is 1. The minimum atomic E-state index is -0.629. The number of fused-ring (bicyclic) bond motifs is 1. The first-order valence-electron chi connectivity index (χ1n) is 11.9. The quantitative estimate of drug-likeness (QED) is 0.557. The average Bonchev–Trinajstić information content (AvgIpc) is 2.89. The van der Waals surface area contributed by atoms with Crippen LogP contribution in [0.5, 0.6) is 0 Å². The van der Waals surface area contributed by atoms with Crippen LogP contribution in [0.25, 0.3) is 11.0 Å². The molecule has 0 radical (unpaired) electrons. The summed E-state index contributed by atoms with van der Waals surface area (Å²) >= 11 is 0. The number of hydrogen-bond donors (Lipinski definition) is 1. The van der Waals surface area contributed by atoms with E-state index in [2.05, 4.69) is 25.9 Å². The number of benzene rings is 2. The fourth-order valence-corrected chi connectivity index (χ4v) is 4.62. The summed E-state index contributed by atoms with van der Waals surface area (Å²) in [6.07, 6.45) is 0. The van der Waals surface area contributed by atoms with Gasteiger partial charge in [0, 0.05) is 44.0 Å². The predicted molar refractivity (Wildman–Crippen MR) is 135 cm³/mol. The summed E-state index contributed by atoms with van der Waals surface area (Å²) in [5.74, 6) is -1.35. The molecule has 2 aromatic carbocycles. The highest BCUT2D eigenvalue weighted by molar-refractivity contribution is 6.03. The van der Waals surface area contributed by atoms with E-state index in [0.29, 0.717) is 43.2 Å². The molecule has 0 bridgehead atoms. The van der Waals surface area contributed by atoms with Crippen molar-refractivity contribution in [3.8, 4) is 6.07 Å². The molecule has 0 unspecified atom stereocenters. The zero-order valence-electron chi connectivity index (χ0n) is 20.0. The van der Waals surface area contributed by atoms with Crippen LogP contribution >= 0.6 is 0 Å². The number of morpholine rings is 1. The molecule has 0 saturated carbocycles. The molecule has 186 valence electrons. The van der Waals surface area contributed by atoms with Gasteiger partial charge >= 0.3 is 0 Å². The lowest BCUT2D eigenvalue weighted by molar-refractivity contribution is -0.0437. The van der Waals surface area contributed by atoms with Crippen LogP contribution in [0.2, 0.25) is 0 Å². The van der Waals surface area contributed by atoms with Crippen LogP contribution in [-0.4, -0.2) is 75.1 Å². The minimum Gasteiger partial charge on any atom is -0.448 e. The summed E-state index contributed by atoms with van der Waals surface area (Å²) in [7, 11) is 2.01. The molecule has 9 nitrogen and oxygen atoms in total. The smallest absolute Gasteiger partial charge is 0.291 e. The third kappa shape index (κ3) is 4.76. The Kier molecular flexibility index (Phi) is 6.59. The number of nitrogens with zero attached hydrogens (tertiary/aromatic N) is 4. The average molecular weight is 493 g/mol. The zero-order chi connectivity index (χ0) is 25.2. The van der Waals surface area contributed by atoms with Gasteiger partial charge in [-0.15, -0.1) is 0 Å². The Hall–Kier alpha value is -3.94. The summed E-state index contributed by atoms with van der Waals surface area (Å²) in [6.45, 7) is 5.75. The van der Waals surface area contributed by atoms with Crippen LogP contribution in [0.3, 0.4) is 0 Å². The lowest BCUT2D eigenvalue weighted by atomic mass is 10.1. The van der Waals surface area contributed by atoms with Gasteiger partial charge in [-0.3, -0.25) is 9.59 Å². The Labute approximate surface area is 207 Å². The number of amides is 1. The molecule has 2 N–H and O–H groups in total. The molecule has 3 aromatic rings. The van der Waals surface area contributed by atoms with E-state index in [0.717, 1.165) is 44.0 Å². The number of carbonyl (C=O) groups is 1. The predicted octanol–water partition coefficient (Wildman–Crippen LogP) is 2.16. The summed E-state index contributed by atoms with van der Waals surface area (Å²) in [5, 5.41) is 12.5. The van der Waals surface area contributed by atoms with Crippen molar-refractivity contribution in [3.63, 3.8) is 0 Å². The number of carbonyl (C=O) groups excluding carboxylic acids is 1. The van der Waals surface area contributed by atoms with Gasteiger partial charge in [0.05, 0.1) is 35.4 Å². The molecule has 1 aromatic heterocycles. The third-order valence-electron chi connectivity index (χ3n) is 6.61. The fourth-order valence-electron chi connectivity index (χ4n) is 4.62. The van der Waals surface area contributed by atoms with Gasteiger partial charge in [0.25, 0.3) is 5.91 Å². The second-order valence-corrected chi connectivity index (χ2v) is 9.02. The van der Waals surface area contributed by atoms with Crippen LogP contribution in [0.1, 0.15) is 16.1 Å². The standard InChI is InChI=1S/C26H26FN5O4/c1-30-4-6-31(7-5-30)22-14-18(27)13-20-23(33)15-24(36-25(20)22)26(34)29-19-2-3-21(17(12-19)16-28)32-8-10-35-11-9-32/h2-3,12-15H,4-11H2,1H3,(H,29,34)/p+1. The van der Waals surface area contributed by atoms with Gasteiger partial charge in [-0.2, -0.15) is 5.26 Å². The van der Waals surface area contributed by atoms with Crippen molar-refractivity contribution in [2.45, 2.75) is 0 Å². The molecule has 2 saturated heterocycles. The molecule has 0 aliphatic carbocycles. The Morgan fingerprint density at radius 1 is 1.03 bits per heavy atom. The molecule has 0 atom stereocenters. The molecule has 1 amide bonds. The minimum absolute atomic E-state index is 0.0878. The number of nitrogens with one attached hydrogen (secondary N) is 1. The summed E-state index contributed by atoms with van der Waals surface area (Å²) in [5.41, 5.74) is 1.77. The van der Waals surface area contributed by atoms with E-state index in [1.165, 1.54) is 6.07 Å². The molecule has 3 heterocycles. The number of ether oxygens (including phenoxy) is 1. The van der Waals surface area contributed by atoms with Crippen molar-refractivity contribution < 1.29 is 18.3 Å². The maximum Gasteiger partial charge on any atom is 0.291 e. The SMILES string of the molecule is CN1CCN(c2cc(F)cc3c(=O)cc(C(=O)Nc4ccc(N5CC[OH+]CC5)c(C#N)c4)oc23)CC1. The van der Waals surface area contributed by atoms with Crippen molar-refractivity contribution in [2.24, 2.45) is 0 Å². The summed E-state index contributed by atoms with van der Waals surface area (Å²) < 4.78 is 24.6. The van der Waals surface area contributed by atoms with Gasteiger partial charge in [0.15, 0.2) is 30.0 Å². The topological polar surface area (TPSA) is 106 Å². The number of aliphatic hydroxyl groups is 2. The van der Waals surface area contributed by atoms with E-state index in [1.54, 1.807) is 18.2 Å². The molecule has 2 aliphatic heterocycles. The van der Waals surface area contributed by atoms with Crippen molar-refractivity contribution in [1.29, 1.82) is 5.26 Å². The van der Waals surface area contributed by atoms with E-state index >= 15 is 0 Å². The second kappa shape index (κ2) is 9.97. The highest BCUT2D eigenvalue weighted by Gasteiger charge is 2.22. The van der Waals surface area contributed by atoms with Crippen LogP contribution in [0.15, 0.2) is 45.6 Å². The molecule has 36 heavy (non-hydrogen) atoms. The van der Waals surface area contributed by atoms with Gasteiger partial charge in [0.1, 0.15) is 11.9 Å². The lowest BCUT2D eigenvalue weighted by Gasteiger charge is -2.34. The molecular formula is C26H27FN5O4+. The summed E-state index contributed by atoms with van der Waals surface area (Å²) in [6, 6.07) is 10.8.